The number of likely N-dealkylation sites (tertiary alicyclic amines) is 1. The van der Waals surface area contributed by atoms with Crippen LogP contribution in [-0.4, -0.2) is 67.3 Å². The maximum atomic E-state index is 12.7. The first-order valence-corrected chi connectivity index (χ1v) is 11.9. The second-order valence-corrected chi connectivity index (χ2v) is 9.11. The van der Waals surface area contributed by atoms with Crippen molar-refractivity contribution in [2.45, 2.75) is 39.0 Å². The van der Waals surface area contributed by atoms with E-state index in [9.17, 15) is 4.79 Å². The van der Waals surface area contributed by atoms with Crippen LogP contribution in [0.5, 0.6) is 5.75 Å². The number of carbonyl (C=O) groups is 1. The van der Waals surface area contributed by atoms with Crippen LogP contribution in [0.25, 0.3) is 11.4 Å². The van der Waals surface area contributed by atoms with Crippen molar-refractivity contribution in [3.63, 3.8) is 0 Å². The second-order valence-electron chi connectivity index (χ2n) is 9.11. The van der Waals surface area contributed by atoms with Gasteiger partial charge in [-0.3, -0.25) is 4.79 Å². The van der Waals surface area contributed by atoms with Crippen LogP contribution in [0, 0.1) is 11.8 Å². The third-order valence-electron chi connectivity index (χ3n) is 6.52. The van der Waals surface area contributed by atoms with Gasteiger partial charge in [-0.2, -0.15) is 4.98 Å². The molecule has 0 radical (unpaired) electrons. The number of hydrogen-bond acceptors (Lipinski definition) is 7. The summed E-state index contributed by atoms with van der Waals surface area (Å²) in [6.07, 6.45) is 5.47. The number of methoxy groups -OCH3 is 1. The molecule has 2 fully saturated rings. The van der Waals surface area contributed by atoms with Crippen molar-refractivity contribution in [3.05, 3.63) is 24.3 Å². The summed E-state index contributed by atoms with van der Waals surface area (Å²) in [4.78, 5) is 21.8. The molecule has 2 saturated heterocycles. The molecule has 174 valence electrons. The fourth-order valence-corrected chi connectivity index (χ4v) is 4.71. The Kier molecular flexibility index (Phi) is 7.63. The van der Waals surface area contributed by atoms with Crippen LogP contribution in [-0.2, 0) is 4.79 Å². The van der Waals surface area contributed by atoms with Crippen molar-refractivity contribution in [2.75, 3.05) is 51.3 Å². The molecule has 1 N–H and O–H groups in total. The Morgan fingerprint density at radius 2 is 2.00 bits per heavy atom. The molecule has 0 bridgehead atoms. The van der Waals surface area contributed by atoms with Crippen molar-refractivity contribution < 1.29 is 14.1 Å². The average Bonchev–Trinajstić information content (AvgIpc) is 3.32. The molecule has 4 rings (SSSR count). The van der Waals surface area contributed by atoms with Crippen molar-refractivity contribution >= 4 is 11.9 Å². The van der Waals surface area contributed by atoms with Crippen LogP contribution in [0.1, 0.15) is 39.0 Å². The normalized spacial score (nSPS) is 22.0. The molecule has 32 heavy (non-hydrogen) atoms. The fourth-order valence-electron chi connectivity index (χ4n) is 4.71. The van der Waals surface area contributed by atoms with Gasteiger partial charge in [0.2, 0.25) is 11.7 Å². The molecule has 1 aromatic heterocycles. The van der Waals surface area contributed by atoms with Gasteiger partial charge in [-0.1, -0.05) is 12.1 Å². The highest BCUT2D eigenvalue weighted by Gasteiger charge is 2.28. The first-order valence-electron chi connectivity index (χ1n) is 11.9. The number of nitrogens with one attached hydrogen (secondary N) is 1. The number of piperidine rings is 2. The van der Waals surface area contributed by atoms with Crippen LogP contribution < -0.4 is 15.0 Å². The van der Waals surface area contributed by atoms with Gasteiger partial charge in [0.25, 0.3) is 0 Å². The summed E-state index contributed by atoms with van der Waals surface area (Å²) in [5, 5.41) is 7.27. The summed E-state index contributed by atoms with van der Waals surface area (Å²) in [5.74, 6) is 2.21. The SMILES string of the molecule is COc1ccc(-c2noc(N3CCC[C@H](C(=O)NCCCN4CCC[C@@H](C)C4)C3)n2)cc1. The van der Waals surface area contributed by atoms with Gasteiger partial charge in [0.15, 0.2) is 0 Å². The van der Waals surface area contributed by atoms with E-state index < -0.39 is 0 Å². The molecule has 2 atom stereocenters. The minimum absolute atomic E-state index is 0.0462. The maximum absolute atomic E-state index is 12.7. The van der Waals surface area contributed by atoms with Crippen molar-refractivity contribution in [1.82, 2.24) is 20.4 Å². The number of ether oxygens (including phenoxy) is 1. The number of hydrogen-bond donors (Lipinski definition) is 1. The zero-order valence-corrected chi connectivity index (χ0v) is 19.3. The molecule has 8 nitrogen and oxygen atoms in total. The molecular weight excluding hydrogens is 406 g/mol. The molecule has 2 aliphatic rings. The first kappa shape index (κ1) is 22.6. The van der Waals surface area contributed by atoms with E-state index in [2.05, 4.69) is 27.3 Å². The van der Waals surface area contributed by atoms with Gasteiger partial charge < -0.3 is 24.4 Å². The van der Waals surface area contributed by atoms with Gasteiger partial charge in [-0.05, 0) is 75.4 Å². The number of rotatable bonds is 8. The van der Waals surface area contributed by atoms with E-state index in [0.29, 0.717) is 18.4 Å². The summed E-state index contributed by atoms with van der Waals surface area (Å²) in [5.41, 5.74) is 0.871. The Labute approximate surface area is 190 Å². The van der Waals surface area contributed by atoms with E-state index in [4.69, 9.17) is 9.26 Å². The Balaban J connectivity index is 1.25. The number of amides is 1. The molecule has 8 heteroatoms. The zero-order chi connectivity index (χ0) is 22.3. The van der Waals surface area contributed by atoms with Gasteiger partial charge in [0.05, 0.1) is 13.0 Å². The van der Waals surface area contributed by atoms with Gasteiger partial charge in [0, 0.05) is 31.7 Å². The minimum Gasteiger partial charge on any atom is -0.497 e. The Morgan fingerprint density at radius 3 is 2.78 bits per heavy atom. The minimum atomic E-state index is -0.0462. The van der Waals surface area contributed by atoms with Gasteiger partial charge in [-0.25, -0.2) is 0 Å². The topological polar surface area (TPSA) is 83.7 Å². The summed E-state index contributed by atoms with van der Waals surface area (Å²) in [6.45, 7) is 7.94. The van der Waals surface area contributed by atoms with Gasteiger partial charge in [0.1, 0.15) is 5.75 Å². The second kappa shape index (κ2) is 10.8. The van der Waals surface area contributed by atoms with Crippen LogP contribution in [0.15, 0.2) is 28.8 Å². The highest BCUT2D eigenvalue weighted by molar-refractivity contribution is 5.79. The molecule has 0 unspecified atom stereocenters. The smallest absolute Gasteiger partial charge is 0.324 e. The van der Waals surface area contributed by atoms with Gasteiger partial charge in [-0.15, -0.1) is 0 Å². The van der Waals surface area contributed by atoms with E-state index in [0.717, 1.165) is 56.1 Å². The van der Waals surface area contributed by atoms with E-state index >= 15 is 0 Å². The van der Waals surface area contributed by atoms with E-state index in [1.807, 2.05) is 29.2 Å². The lowest BCUT2D eigenvalue weighted by Gasteiger charge is -2.31. The van der Waals surface area contributed by atoms with E-state index in [1.165, 1.54) is 25.9 Å². The molecule has 0 spiro atoms. The summed E-state index contributed by atoms with van der Waals surface area (Å²) >= 11 is 0. The molecule has 2 aromatic rings. The Morgan fingerprint density at radius 1 is 1.19 bits per heavy atom. The molecule has 2 aliphatic heterocycles. The summed E-state index contributed by atoms with van der Waals surface area (Å²) in [6, 6.07) is 8.04. The van der Waals surface area contributed by atoms with Crippen molar-refractivity contribution in [1.29, 1.82) is 0 Å². The predicted octanol–water partition coefficient (Wildman–Crippen LogP) is 3.20. The summed E-state index contributed by atoms with van der Waals surface area (Å²) in [7, 11) is 1.64. The molecule has 1 amide bonds. The van der Waals surface area contributed by atoms with E-state index in [1.54, 1.807) is 7.11 Å². The standard InChI is InChI=1S/C24H35N5O3/c1-18-6-3-13-28(16-18)14-5-12-25-23(30)20-7-4-15-29(17-20)24-26-22(27-32-24)19-8-10-21(31-2)11-9-19/h8-11,18,20H,3-7,12-17H2,1-2H3,(H,25,30)/t18-,20+/m1/s1. The lowest BCUT2D eigenvalue weighted by Crippen LogP contribution is -2.44. The maximum Gasteiger partial charge on any atom is 0.324 e. The number of anilines is 1. The highest BCUT2D eigenvalue weighted by Crippen LogP contribution is 2.26. The molecular formula is C24H35N5O3. The van der Waals surface area contributed by atoms with Crippen LogP contribution in [0.4, 0.5) is 6.01 Å². The predicted molar refractivity (Wildman–Crippen MR) is 124 cm³/mol. The quantitative estimate of drug-likeness (QED) is 0.630. The number of benzene rings is 1. The highest BCUT2D eigenvalue weighted by atomic mass is 16.5. The molecule has 3 heterocycles. The van der Waals surface area contributed by atoms with Crippen LogP contribution in [0.2, 0.25) is 0 Å². The number of aromatic nitrogens is 2. The van der Waals surface area contributed by atoms with E-state index in [-0.39, 0.29) is 11.8 Å². The third kappa shape index (κ3) is 5.79. The average molecular weight is 442 g/mol. The monoisotopic (exact) mass is 441 g/mol. The molecule has 0 aliphatic carbocycles. The Bertz CT molecular complexity index is 869. The molecule has 1 aromatic carbocycles. The molecule has 0 saturated carbocycles. The largest absolute Gasteiger partial charge is 0.497 e. The Hall–Kier alpha value is -2.61. The number of nitrogens with zero attached hydrogens (tertiary/aromatic N) is 4. The fraction of sp³-hybridized carbons (Fsp3) is 0.625. The number of carbonyl (C=O) groups excluding carboxylic acids is 1. The van der Waals surface area contributed by atoms with Crippen LogP contribution in [0.3, 0.4) is 0 Å². The van der Waals surface area contributed by atoms with Crippen molar-refractivity contribution in [2.24, 2.45) is 11.8 Å². The van der Waals surface area contributed by atoms with Crippen molar-refractivity contribution in [3.8, 4) is 17.1 Å². The third-order valence-corrected chi connectivity index (χ3v) is 6.52. The lowest BCUT2D eigenvalue weighted by molar-refractivity contribution is -0.125. The van der Waals surface area contributed by atoms with Gasteiger partial charge >= 0.3 is 6.01 Å². The zero-order valence-electron chi connectivity index (χ0n) is 19.3. The summed E-state index contributed by atoms with van der Waals surface area (Å²) < 4.78 is 10.7. The first-order chi connectivity index (χ1) is 15.6. The van der Waals surface area contributed by atoms with Crippen LogP contribution >= 0.6 is 0 Å². The lowest BCUT2D eigenvalue weighted by atomic mass is 9.97.